The lowest BCUT2D eigenvalue weighted by molar-refractivity contribution is -0.114. The van der Waals surface area contributed by atoms with Gasteiger partial charge in [-0.25, -0.2) is 0 Å². The van der Waals surface area contributed by atoms with Crippen molar-refractivity contribution >= 4 is 23.2 Å². The normalized spacial score (nSPS) is 21.9. The zero-order valence-electron chi connectivity index (χ0n) is 15.6. The van der Waals surface area contributed by atoms with E-state index in [1.54, 1.807) is 6.07 Å². The molecular formula is C20H24N4O3. The number of carbonyl (C=O) groups excluding carboxylic acids is 2. The van der Waals surface area contributed by atoms with Gasteiger partial charge in [0.15, 0.2) is 5.69 Å². The van der Waals surface area contributed by atoms with E-state index in [4.69, 9.17) is 4.52 Å². The maximum Gasteiger partial charge on any atom is 0.273 e. The summed E-state index contributed by atoms with van der Waals surface area (Å²) in [5.74, 6) is 1.22. The molecule has 0 radical (unpaired) electrons. The molecule has 0 spiro atoms. The predicted octanol–water partition coefficient (Wildman–Crippen LogP) is 2.77. The number of carbonyl (C=O) groups is 2. The lowest BCUT2D eigenvalue weighted by Gasteiger charge is -2.22. The van der Waals surface area contributed by atoms with E-state index in [1.807, 2.05) is 24.3 Å². The van der Waals surface area contributed by atoms with E-state index >= 15 is 0 Å². The molecule has 2 aromatic rings. The minimum absolute atomic E-state index is 0.00367. The number of amides is 2. The number of hydrogen-bond donors (Lipinski definition) is 2. The lowest BCUT2D eigenvalue weighted by Crippen LogP contribution is -2.40. The highest BCUT2D eigenvalue weighted by Gasteiger charge is 2.33. The van der Waals surface area contributed by atoms with Gasteiger partial charge in [0.25, 0.3) is 5.91 Å². The molecule has 2 heterocycles. The van der Waals surface area contributed by atoms with Crippen molar-refractivity contribution in [2.45, 2.75) is 38.6 Å². The smallest absolute Gasteiger partial charge is 0.273 e. The van der Waals surface area contributed by atoms with Crippen molar-refractivity contribution in [3.63, 3.8) is 0 Å². The number of anilines is 2. The van der Waals surface area contributed by atoms with Crippen molar-refractivity contribution in [3.8, 4) is 0 Å². The number of hydrogen-bond acceptors (Lipinski definition) is 5. The molecule has 0 unspecified atom stereocenters. The van der Waals surface area contributed by atoms with Crippen LogP contribution in [-0.2, 0) is 4.79 Å². The van der Waals surface area contributed by atoms with Crippen LogP contribution in [0, 0.1) is 5.92 Å². The number of aromatic nitrogens is 1. The molecule has 2 fully saturated rings. The molecule has 2 aliphatic rings. The van der Waals surface area contributed by atoms with Gasteiger partial charge in [-0.05, 0) is 30.9 Å². The monoisotopic (exact) mass is 368 g/mol. The Morgan fingerprint density at radius 3 is 2.74 bits per heavy atom. The van der Waals surface area contributed by atoms with Crippen LogP contribution in [0.15, 0.2) is 34.9 Å². The first-order valence-corrected chi connectivity index (χ1v) is 9.40. The van der Waals surface area contributed by atoms with Crippen LogP contribution in [-0.4, -0.2) is 36.1 Å². The fourth-order valence-corrected chi connectivity index (χ4v) is 3.60. The third-order valence-electron chi connectivity index (χ3n) is 5.23. The van der Waals surface area contributed by atoms with Gasteiger partial charge >= 0.3 is 0 Å². The first kappa shape index (κ1) is 17.6. The second kappa shape index (κ2) is 7.06. The summed E-state index contributed by atoms with van der Waals surface area (Å²) in [7, 11) is 0. The van der Waals surface area contributed by atoms with Crippen molar-refractivity contribution in [1.29, 1.82) is 0 Å². The van der Waals surface area contributed by atoms with Crippen molar-refractivity contribution < 1.29 is 14.1 Å². The molecule has 7 heteroatoms. The topological polar surface area (TPSA) is 87.5 Å². The molecule has 2 atom stereocenters. The molecule has 0 bridgehead atoms. The second-order valence-corrected chi connectivity index (χ2v) is 7.55. The minimum atomic E-state index is -0.195. The summed E-state index contributed by atoms with van der Waals surface area (Å²) in [6.45, 7) is 5.09. The zero-order valence-corrected chi connectivity index (χ0v) is 15.6. The maximum atomic E-state index is 12.5. The molecule has 1 aliphatic heterocycles. The average molecular weight is 368 g/mol. The third-order valence-corrected chi connectivity index (χ3v) is 5.23. The summed E-state index contributed by atoms with van der Waals surface area (Å²) in [5, 5.41) is 9.88. The Hall–Kier alpha value is -2.83. The Labute approximate surface area is 158 Å². The Bertz CT molecular complexity index is 858. The highest BCUT2D eigenvalue weighted by Crippen LogP contribution is 2.40. The van der Waals surface area contributed by atoms with Crippen LogP contribution in [0.5, 0.6) is 0 Å². The highest BCUT2D eigenvalue weighted by molar-refractivity contribution is 5.93. The molecule has 1 aromatic heterocycles. The highest BCUT2D eigenvalue weighted by atomic mass is 16.5. The molecule has 1 aliphatic carbocycles. The Balaban J connectivity index is 1.43. The Morgan fingerprint density at radius 2 is 2.00 bits per heavy atom. The third kappa shape index (κ3) is 3.82. The van der Waals surface area contributed by atoms with Crippen LogP contribution < -0.4 is 15.5 Å². The molecule has 7 nitrogen and oxygen atoms in total. The number of nitrogens with one attached hydrogen (secondary N) is 2. The Morgan fingerprint density at radius 1 is 1.22 bits per heavy atom. The van der Waals surface area contributed by atoms with Gasteiger partial charge in [-0.3, -0.25) is 9.59 Å². The first-order valence-electron chi connectivity index (χ1n) is 9.40. The number of para-hydroxylation sites is 2. The number of nitrogens with zero attached hydrogens (tertiary/aromatic N) is 2. The number of rotatable bonds is 5. The largest absolute Gasteiger partial charge is 0.367 e. The maximum absolute atomic E-state index is 12.5. The summed E-state index contributed by atoms with van der Waals surface area (Å²) in [4.78, 5) is 26.2. The van der Waals surface area contributed by atoms with Gasteiger partial charge in [-0.1, -0.05) is 24.2 Å². The van der Waals surface area contributed by atoms with Crippen LogP contribution in [0.3, 0.4) is 0 Å². The molecular weight excluding hydrogens is 344 g/mol. The molecule has 142 valence electrons. The van der Waals surface area contributed by atoms with Gasteiger partial charge in [0.1, 0.15) is 5.76 Å². The van der Waals surface area contributed by atoms with Crippen LogP contribution in [0.2, 0.25) is 0 Å². The van der Waals surface area contributed by atoms with Crippen LogP contribution >= 0.6 is 0 Å². The molecule has 2 amide bonds. The van der Waals surface area contributed by atoms with E-state index in [9.17, 15) is 9.59 Å². The summed E-state index contributed by atoms with van der Waals surface area (Å²) < 4.78 is 5.28. The van der Waals surface area contributed by atoms with Gasteiger partial charge in [0, 0.05) is 32.0 Å². The van der Waals surface area contributed by atoms with Gasteiger partial charge in [0.2, 0.25) is 5.91 Å². The lowest BCUT2D eigenvalue weighted by atomic mass is 10.1. The van der Waals surface area contributed by atoms with E-state index in [0.717, 1.165) is 36.5 Å². The van der Waals surface area contributed by atoms with Gasteiger partial charge in [0.05, 0.1) is 17.4 Å². The molecule has 2 N–H and O–H groups in total. The number of benzene rings is 1. The second-order valence-electron chi connectivity index (χ2n) is 7.55. The Kier molecular flexibility index (Phi) is 4.59. The molecule has 27 heavy (non-hydrogen) atoms. The van der Waals surface area contributed by atoms with Gasteiger partial charge in [-0.2, -0.15) is 0 Å². The van der Waals surface area contributed by atoms with Crippen molar-refractivity contribution in [2.24, 2.45) is 5.92 Å². The van der Waals surface area contributed by atoms with E-state index in [0.29, 0.717) is 18.2 Å². The van der Waals surface area contributed by atoms with Crippen LogP contribution in [0.1, 0.15) is 48.9 Å². The SMILES string of the molecule is CC(=O)Nc1ccccc1N1C[C@H](C)[C@H](NC(=O)c2cc(C3CC3)on2)C1. The predicted molar refractivity (Wildman–Crippen MR) is 102 cm³/mol. The molecule has 1 saturated carbocycles. The van der Waals surface area contributed by atoms with Crippen LogP contribution in [0.4, 0.5) is 11.4 Å². The van der Waals surface area contributed by atoms with Crippen molar-refractivity contribution in [2.75, 3.05) is 23.3 Å². The summed E-state index contributed by atoms with van der Waals surface area (Å²) in [6, 6.07) is 9.49. The van der Waals surface area contributed by atoms with E-state index < -0.39 is 0 Å². The van der Waals surface area contributed by atoms with Crippen molar-refractivity contribution in [1.82, 2.24) is 10.5 Å². The van der Waals surface area contributed by atoms with E-state index in [1.165, 1.54) is 6.92 Å². The zero-order chi connectivity index (χ0) is 19.0. The van der Waals surface area contributed by atoms with Crippen molar-refractivity contribution in [3.05, 3.63) is 41.8 Å². The van der Waals surface area contributed by atoms with Crippen LogP contribution in [0.25, 0.3) is 0 Å². The molecule has 1 saturated heterocycles. The quantitative estimate of drug-likeness (QED) is 0.847. The standard InChI is InChI=1S/C20H24N4O3/c1-12-10-24(18-6-4-3-5-15(18)21-13(2)25)11-17(12)22-20(26)16-9-19(27-23-16)14-7-8-14/h3-6,9,12,14,17H,7-8,10-11H2,1-2H3,(H,21,25)(H,22,26)/t12-,17+/m0/s1. The summed E-state index contributed by atoms with van der Waals surface area (Å²) >= 11 is 0. The summed E-state index contributed by atoms with van der Waals surface area (Å²) in [6.07, 6.45) is 2.22. The van der Waals surface area contributed by atoms with E-state index in [-0.39, 0.29) is 23.8 Å². The van der Waals surface area contributed by atoms with E-state index in [2.05, 4.69) is 27.6 Å². The van der Waals surface area contributed by atoms with Gasteiger partial charge < -0.3 is 20.1 Å². The average Bonchev–Trinajstić information content (AvgIpc) is 3.25. The minimum Gasteiger partial charge on any atom is -0.367 e. The molecule has 4 rings (SSSR count). The first-order chi connectivity index (χ1) is 13.0. The van der Waals surface area contributed by atoms with Gasteiger partial charge in [-0.15, -0.1) is 0 Å². The fraction of sp³-hybridized carbons (Fsp3) is 0.450. The fourth-order valence-electron chi connectivity index (χ4n) is 3.60. The molecule has 1 aromatic carbocycles. The summed E-state index contributed by atoms with van der Waals surface area (Å²) in [5.41, 5.74) is 2.10.